The third kappa shape index (κ3) is 2.03. The van der Waals surface area contributed by atoms with Gasteiger partial charge in [-0.25, -0.2) is 0 Å². The van der Waals surface area contributed by atoms with Crippen molar-refractivity contribution in [1.82, 2.24) is 4.90 Å². The molecule has 0 amide bonds. The minimum atomic E-state index is 0.430. The van der Waals surface area contributed by atoms with E-state index in [-0.39, 0.29) is 0 Å². The molecule has 2 unspecified atom stereocenters. The maximum absolute atomic E-state index is 6.07. The van der Waals surface area contributed by atoms with Crippen molar-refractivity contribution in [2.75, 3.05) is 7.05 Å². The first-order valence-electron chi connectivity index (χ1n) is 5.85. The summed E-state index contributed by atoms with van der Waals surface area (Å²) in [6, 6.07) is 3.59. The van der Waals surface area contributed by atoms with Gasteiger partial charge >= 0.3 is 0 Å². The second-order valence-electron chi connectivity index (χ2n) is 4.85. The minimum absolute atomic E-state index is 0.430. The molecule has 2 nitrogen and oxygen atoms in total. The van der Waals surface area contributed by atoms with Crippen molar-refractivity contribution in [3.05, 3.63) is 15.9 Å². The van der Waals surface area contributed by atoms with Crippen LogP contribution < -0.4 is 4.74 Å². The van der Waals surface area contributed by atoms with Crippen LogP contribution in [0.2, 0.25) is 0 Å². The third-order valence-corrected chi connectivity index (χ3v) is 5.46. The fraction of sp³-hybridized carbons (Fsp3) is 0.667. The quantitative estimate of drug-likeness (QED) is 0.829. The molecule has 2 saturated heterocycles. The molecule has 16 heavy (non-hydrogen) atoms. The first kappa shape index (κ1) is 11.1. The Morgan fingerprint density at radius 3 is 2.62 bits per heavy atom. The average molecular weight is 302 g/mol. The van der Waals surface area contributed by atoms with Crippen molar-refractivity contribution in [3.63, 3.8) is 0 Å². The van der Waals surface area contributed by atoms with Gasteiger partial charge in [-0.3, -0.25) is 0 Å². The number of hydrogen-bond acceptors (Lipinski definition) is 3. The number of thiophene rings is 1. The van der Waals surface area contributed by atoms with Gasteiger partial charge in [0.1, 0.15) is 6.10 Å². The summed E-state index contributed by atoms with van der Waals surface area (Å²) >= 11 is 5.15. The first-order valence-corrected chi connectivity index (χ1v) is 7.52. The fourth-order valence-corrected chi connectivity index (χ4v) is 4.30. The molecule has 3 rings (SSSR count). The van der Waals surface area contributed by atoms with Crippen LogP contribution in [0.1, 0.15) is 25.7 Å². The van der Waals surface area contributed by atoms with Gasteiger partial charge in [-0.2, -0.15) is 0 Å². The van der Waals surface area contributed by atoms with Gasteiger partial charge in [0.2, 0.25) is 0 Å². The van der Waals surface area contributed by atoms with E-state index in [1.54, 1.807) is 11.3 Å². The Morgan fingerprint density at radius 2 is 2.06 bits per heavy atom. The van der Waals surface area contributed by atoms with Crippen molar-refractivity contribution in [2.45, 2.75) is 43.9 Å². The zero-order chi connectivity index (χ0) is 11.1. The number of halogens is 1. The number of rotatable bonds is 2. The van der Waals surface area contributed by atoms with Gasteiger partial charge in [-0.15, -0.1) is 11.3 Å². The molecule has 0 aromatic carbocycles. The van der Waals surface area contributed by atoms with Gasteiger partial charge in [0.15, 0.2) is 5.06 Å². The highest BCUT2D eigenvalue weighted by Crippen LogP contribution is 2.37. The van der Waals surface area contributed by atoms with Gasteiger partial charge in [-0.1, -0.05) is 0 Å². The second-order valence-corrected chi connectivity index (χ2v) is 6.64. The Bertz CT molecular complexity index is 367. The Morgan fingerprint density at radius 1 is 1.38 bits per heavy atom. The van der Waals surface area contributed by atoms with Crippen molar-refractivity contribution < 1.29 is 4.74 Å². The molecule has 4 heteroatoms. The summed E-state index contributed by atoms with van der Waals surface area (Å²) in [6.45, 7) is 0. The lowest BCUT2D eigenvalue weighted by molar-refractivity contribution is 0.0685. The van der Waals surface area contributed by atoms with E-state index < -0.39 is 0 Å². The van der Waals surface area contributed by atoms with Crippen molar-refractivity contribution >= 4 is 27.3 Å². The molecule has 0 N–H and O–H groups in total. The van der Waals surface area contributed by atoms with Crippen LogP contribution in [0.4, 0.5) is 0 Å². The van der Waals surface area contributed by atoms with Crippen LogP contribution in [-0.2, 0) is 0 Å². The number of piperidine rings is 1. The minimum Gasteiger partial charge on any atom is -0.481 e. The van der Waals surface area contributed by atoms with Gasteiger partial charge in [0, 0.05) is 28.0 Å². The van der Waals surface area contributed by atoms with Gasteiger partial charge in [-0.05, 0) is 48.7 Å². The van der Waals surface area contributed by atoms with E-state index >= 15 is 0 Å². The molecule has 0 aliphatic carbocycles. The van der Waals surface area contributed by atoms with Crippen LogP contribution in [0.15, 0.2) is 15.9 Å². The topological polar surface area (TPSA) is 12.5 Å². The van der Waals surface area contributed by atoms with E-state index in [4.69, 9.17) is 4.74 Å². The molecule has 2 atom stereocenters. The maximum Gasteiger partial charge on any atom is 0.175 e. The molecule has 0 saturated carbocycles. The summed E-state index contributed by atoms with van der Waals surface area (Å²) < 4.78 is 7.20. The summed E-state index contributed by atoms with van der Waals surface area (Å²) in [5, 5.41) is 3.14. The summed E-state index contributed by atoms with van der Waals surface area (Å²) in [4.78, 5) is 2.55. The van der Waals surface area contributed by atoms with E-state index in [1.165, 1.54) is 25.7 Å². The first-order chi connectivity index (χ1) is 7.72. The second kappa shape index (κ2) is 4.31. The third-order valence-electron chi connectivity index (χ3n) is 3.88. The Kier molecular flexibility index (Phi) is 2.98. The molecule has 2 aliphatic rings. The smallest absolute Gasteiger partial charge is 0.175 e. The molecule has 1 aromatic heterocycles. The summed E-state index contributed by atoms with van der Waals surface area (Å²) in [7, 11) is 2.26. The van der Waals surface area contributed by atoms with E-state index in [0.29, 0.717) is 6.10 Å². The zero-order valence-corrected chi connectivity index (χ0v) is 11.8. The van der Waals surface area contributed by atoms with Crippen LogP contribution in [0.5, 0.6) is 5.06 Å². The predicted octanol–water partition coefficient (Wildman–Crippen LogP) is 3.51. The Hall–Kier alpha value is -0.0600. The highest BCUT2D eigenvalue weighted by Gasteiger charge is 2.39. The van der Waals surface area contributed by atoms with Crippen LogP contribution in [0.3, 0.4) is 0 Å². The largest absolute Gasteiger partial charge is 0.481 e. The Balaban J connectivity index is 1.65. The summed E-state index contributed by atoms with van der Waals surface area (Å²) in [5.74, 6) is 0. The molecule has 0 spiro atoms. The molecule has 0 radical (unpaired) electrons. The van der Waals surface area contributed by atoms with Crippen LogP contribution >= 0.6 is 27.3 Å². The zero-order valence-electron chi connectivity index (χ0n) is 9.36. The number of fused-ring (bicyclic) bond motifs is 2. The standard InChI is InChI=1S/C12H16BrNOS/c1-14-9-2-3-10(14)6-11(5-9)15-12-4-8(13)7-16-12/h4,7,9-11H,2-3,5-6H2,1H3. The van der Waals surface area contributed by atoms with Gasteiger partial charge in [0.05, 0.1) is 0 Å². The molecule has 88 valence electrons. The van der Waals surface area contributed by atoms with E-state index in [9.17, 15) is 0 Å². The van der Waals surface area contributed by atoms with Crippen LogP contribution in [0, 0.1) is 0 Å². The monoisotopic (exact) mass is 301 g/mol. The summed E-state index contributed by atoms with van der Waals surface area (Å²) in [6.07, 6.45) is 5.54. The predicted molar refractivity (Wildman–Crippen MR) is 70.2 cm³/mol. The maximum atomic E-state index is 6.07. The highest BCUT2D eigenvalue weighted by molar-refractivity contribution is 9.10. The normalized spacial score (nSPS) is 34.2. The van der Waals surface area contributed by atoms with Gasteiger partial charge in [0.25, 0.3) is 0 Å². The van der Waals surface area contributed by atoms with E-state index in [0.717, 1.165) is 21.6 Å². The highest BCUT2D eigenvalue weighted by atomic mass is 79.9. The summed E-state index contributed by atoms with van der Waals surface area (Å²) in [5.41, 5.74) is 0. The Labute approximate surface area is 109 Å². The molecule has 3 heterocycles. The van der Waals surface area contributed by atoms with Gasteiger partial charge < -0.3 is 9.64 Å². The van der Waals surface area contributed by atoms with Crippen molar-refractivity contribution in [2.24, 2.45) is 0 Å². The molecule has 2 bridgehead atoms. The molecular weight excluding hydrogens is 286 g/mol. The molecule has 2 aliphatic heterocycles. The fourth-order valence-electron chi connectivity index (χ4n) is 2.98. The van der Waals surface area contributed by atoms with Crippen molar-refractivity contribution in [1.29, 1.82) is 0 Å². The lowest BCUT2D eigenvalue weighted by Crippen LogP contribution is -2.43. The number of hydrogen-bond donors (Lipinski definition) is 0. The molecule has 2 fully saturated rings. The van der Waals surface area contributed by atoms with Crippen LogP contribution in [-0.4, -0.2) is 30.1 Å². The average Bonchev–Trinajstić information content (AvgIpc) is 2.72. The number of nitrogens with zero attached hydrogens (tertiary/aromatic N) is 1. The number of ether oxygens (including phenoxy) is 1. The molecular formula is C12H16BrNOS. The SMILES string of the molecule is CN1C2CCC1CC(Oc1cc(Br)cs1)C2. The van der Waals surface area contributed by atoms with E-state index in [1.807, 2.05) is 0 Å². The molecule has 1 aromatic rings. The lowest BCUT2D eigenvalue weighted by atomic mass is 10.0. The van der Waals surface area contributed by atoms with Crippen molar-refractivity contribution in [3.8, 4) is 5.06 Å². The lowest BCUT2D eigenvalue weighted by Gasteiger charge is -2.35. The van der Waals surface area contributed by atoms with Crippen LogP contribution in [0.25, 0.3) is 0 Å². The van der Waals surface area contributed by atoms with E-state index in [2.05, 4.69) is 39.3 Å².